The number of hydrogen-bond donors (Lipinski definition) is 1. The molecule has 0 aromatic carbocycles. The summed E-state index contributed by atoms with van der Waals surface area (Å²) in [5.74, 6) is -0.170. The number of alkyl halides is 3. The van der Waals surface area contributed by atoms with Crippen LogP contribution >= 0.6 is 0 Å². The van der Waals surface area contributed by atoms with Crippen molar-refractivity contribution in [3.8, 4) is 0 Å². The van der Waals surface area contributed by atoms with Crippen molar-refractivity contribution < 1.29 is 13.2 Å². The van der Waals surface area contributed by atoms with E-state index >= 15 is 0 Å². The first-order chi connectivity index (χ1) is 10.0. The second kappa shape index (κ2) is 6.45. The van der Waals surface area contributed by atoms with Gasteiger partial charge in [-0.05, 0) is 70.5 Å². The second-order valence-electron chi connectivity index (χ2n) is 7.22. The molecule has 1 saturated heterocycles. The van der Waals surface area contributed by atoms with Gasteiger partial charge in [0.2, 0.25) is 0 Å². The number of likely N-dealkylation sites (tertiary alicyclic amines) is 1. The Morgan fingerprint density at radius 1 is 0.952 bits per heavy atom. The first kappa shape index (κ1) is 15.6. The Morgan fingerprint density at radius 2 is 1.67 bits per heavy atom. The largest absolute Gasteiger partial charge is 0.391 e. The molecule has 3 rings (SSSR count). The minimum absolute atomic E-state index is 0.162. The molecule has 0 bridgehead atoms. The third-order valence-electron chi connectivity index (χ3n) is 5.55. The van der Waals surface area contributed by atoms with E-state index in [2.05, 4.69) is 10.2 Å². The quantitative estimate of drug-likeness (QED) is 0.854. The first-order valence-corrected chi connectivity index (χ1v) is 8.56. The van der Waals surface area contributed by atoms with Gasteiger partial charge in [0.1, 0.15) is 0 Å². The molecule has 2 aliphatic carbocycles. The van der Waals surface area contributed by atoms with Crippen LogP contribution in [0.3, 0.4) is 0 Å². The molecule has 0 aromatic heterocycles. The summed E-state index contributed by atoms with van der Waals surface area (Å²) in [5, 5.41) is 3.63. The van der Waals surface area contributed by atoms with Crippen molar-refractivity contribution in [1.29, 1.82) is 0 Å². The van der Waals surface area contributed by atoms with Gasteiger partial charge in [-0.15, -0.1) is 0 Å². The Morgan fingerprint density at radius 3 is 2.29 bits per heavy atom. The maximum absolute atomic E-state index is 12.9. The van der Waals surface area contributed by atoms with E-state index < -0.39 is 12.1 Å². The predicted octanol–water partition coefficient (Wildman–Crippen LogP) is 3.57. The average molecular weight is 304 g/mol. The molecule has 2 unspecified atom stereocenters. The molecule has 0 aromatic rings. The number of piperidine rings is 1. The van der Waals surface area contributed by atoms with E-state index in [1.54, 1.807) is 0 Å². The number of rotatable bonds is 4. The van der Waals surface area contributed by atoms with Crippen molar-refractivity contribution in [2.24, 2.45) is 11.8 Å². The van der Waals surface area contributed by atoms with Gasteiger partial charge in [0.05, 0.1) is 5.92 Å². The van der Waals surface area contributed by atoms with Gasteiger partial charge < -0.3 is 10.2 Å². The van der Waals surface area contributed by atoms with Crippen molar-refractivity contribution in [3.63, 3.8) is 0 Å². The van der Waals surface area contributed by atoms with Crippen molar-refractivity contribution in [2.75, 3.05) is 19.6 Å². The lowest BCUT2D eigenvalue weighted by Gasteiger charge is -2.41. The molecular formula is C16H27F3N2. The van der Waals surface area contributed by atoms with Gasteiger partial charge in [0, 0.05) is 12.1 Å². The zero-order chi connectivity index (χ0) is 14.9. The highest BCUT2D eigenvalue weighted by Crippen LogP contribution is 2.39. The van der Waals surface area contributed by atoms with Crippen LogP contribution in [0.2, 0.25) is 0 Å². The molecule has 1 aliphatic heterocycles. The fourth-order valence-electron chi connectivity index (χ4n) is 3.92. The zero-order valence-corrected chi connectivity index (χ0v) is 12.7. The van der Waals surface area contributed by atoms with Gasteiger partial charge in [0.25, 0.3) is 0 Å². The van der Waals surface area contributed by atoms with Crippen LogP contribution in [0, 0.1) is 11.8 Å². The molecule has 1 N–H and O–H groups in total. The summed E-state index contributed by atoms with van der Waals surface area (Å²) >= 11 is 0. The lowest BCUT2D eigenvalue weighted by molar-refractivity contribution is -0.187. The number of hydrogen-bond acceptors (Lipinski definition) is 2. The molecular weight excluding hydrogens is 277 g/mol. The van der Waals surface area contributed by atoms with E-state index in [4.69, 9.17) is 0 Å². The average Bonchev–Trinajstić information content (AvgIpc) is 3.29. The molecule has 2 atom stereocenters. The molecule has 2 nitrogen and oxygen atoms in total. The maximum Gasteiger partial charge on any atom is 0.391 e. The zero-order valence-electron chi connectivity index (χ0n) is 12.7. The van der Waals surface area contributed by atoms with E-state index in [1.165, 1.54) is 12.8 Å². The Balaban J connectivity index is 1.42. The molecule has 0 spiro atoms. The molecule has 122 valence electrons. The van der Waals surface area contributed by atoms with E-state index in [0.717, 1.165) is 51.2 Å². The fourth-order valence-corrected chi connectivity index (χ4v) is 3.92. The summed E-state index contributed by atoms with van der Waals surface area (Å²) in [5.41, 5.74) is 0. The molecule has 2 saturated carbocycles. The Hall–Kier alpha value is -0.290. The van der Waals surface area contributed by atoms with Crippen LogP contribution in [-0.4, -0.2) is 42.8 Å². The van der Waals surface area contributed by atoms with Crippen molar-refractivity contribution in [1.82, 2.24) is 10.2 Å². The second-order valence-corrected chi connectivity index (χ2v) is 7.22. The first-order valence-electron chi connectivity index (χ1n) is 8.56. The minimum atomic E-state index is -4.00. The standard InChI is InChI=1S/C16H27F3N2/c17-16(18,19)13-2-1-3-15(10-13)21-8-6-14(7-9-21)20-11-12-4-5-12/h12-15,20H,1-11H2. The minimum Gasteiger partial charge on any atom is -0.314 e. The fraction of sp³-hybridized carbons (Fsp3) is 1.00. The van der Waals surface area contributed by atoms with E-state index in [9.17, 15) is 13.2 Å². The third-order valence-corrected chi connectivity index (χ3v) is 5.55. The smallest absolute Gasteiger partial charge is 0.314 e. The predicted molar refractivity (Wildman–Crippen MR) is 77.1 cm³/mol. The monoisotopic (exact) mass is 304 g/mol. The van der Waals surface area contributed by atoms with Gasteiger partial charge in [-0.3, -0.25) is 0 Å². The molecule has 1 heterocycles. The van der Waals surface area contributed by atoms with Crippen molar-refractivity contribution in [3.05, 3.63) is 0 Å². The molecule has 0 radical (unpaired) electrons. The summed E-state index contributed by atoms with van der Waals surface area (Å²) in [4.78, 5) is 2.33. The summed E-state index contributed by atoms with van der Waals surface area (Å²) < 4.78 is 38.7. The van der Waals surface area contributed by atoms with Crippen LogP contribution in [0.5, 0.6) is 0 Å². The van der Waals surface area contributed by atoms with Crippen LogP contribution in [0.1, 0.15) is 51.4 Å². The maximum atomic E-state index is 12.9. The van der Waals surface area contributed by atoms with Crippen LogP contribution in [-0.2, 0) is 0 Å². The van der Waals surface area contributed by atoms with Gasteiger partial charge in [-0.1, -0.05) is 6.42 Å². The highest BCUT2D eigenvalue weighted by molar-refractivity contribution is 4.88. The number of nitrogens with one attached hydrogen (secondary N) is 1. The third kappa shape index (κ3) is 4.35. The molecule has 3 aliphatic rings. The van der Waals surface area contributed by atoms with E-state index in [0.29, 0.717) is 18.9 Å². The Labute approximate surface area is 125 Å². The molecule has 3 fully saturated rings. The highest BCUT2D eigenvalue weighted by atomic mass is 19.4. The van der Waals surface area contributed by atoms with Gasteiger partial charge >= 0.3 is 6.18 Å². The lowest BCUT2D eigenvalue weighted by atomic mass is 9.83. The number of nitrogens with zero attached hydrogens (tertiary/aromatic N) is 1. The van der Waals surface area contributed by atoms with Crippen LogP contribution in [0.25, 0.3) is 0 Å². The van der Waals surface area contributed by atoms with Crippen LogP contribution in [0.15, 0.2) is 0 Å². The van der Waals surface area contributed by atoms with Crippen molar-refractivity contribution >= 4 is 0 Å². The SMILES string of the molecule is FC(F)(F)C1CCCC(N2CCC(NCC3CC3)CC2)C1. The van der Waals surface area contributed by atoms with Crippen LogP contribution in [0.4, 0.5) is 13.2 Å². The Bertz CT molecular complexity index is 333. The highest BCUT2D eigenvalue weighted by Gasteiger charge is 2.43. The normalized spacial score (nSPS) is 33.3. The summed E-state index contributed by atoms with van der Waals surface area (Å²) in [7, 11) is 0. The van der Waals surface area contributed by atoms with Gasteiger partial charge in [-0.2, -0.15) is 13.2 Å². The lowest BCUT2D eigenvalue weighted by Crippen LogP contribution is -2.49. The summed E-state index contributed by atoms with van der Waals surface area (Å²) in [6.07, 6.45) is 3.27. The Kier molecular flexibility index (Phi) is 4.79. The van der Waals surface area contributed by atoms with Gasteiger partial charge in [-0.25, -0.2) is 0 Å². The molecule has 21 heavy (non-hydrogen) atoms. The number of halogens is 3. The van der Waals surface area contributed by atoms with Gasteiger partial charge in [0.15, 0.2) is 0 Å². The molecule has 5 heteroatoms. The van der Waals surface area contributed by atoms with Crippen molar-refractivity contribution in [2.45, 2.75) is 69.6 Å². The van der Waals surface area contributed by atoms with E-state index in [1.807, 2.05) is 0 Å². The summed E-state index contributed by atoms with van der Waals surface area (Å²) in [6.45, 7) is 3.08. The topological polar surface area (TPSA) is 15.3 Å². The van der Waals surface area contributed by atoms with Crippen LogP contribution < -0.4 is 5.32 Å². The van der Waals surface area contributed by atoms with E-state index in [-0.39, 0.29) is 6.04 Å². The summed E-state index contributed by atoms with van der Waals surface area (Å²) in [6, 6.07) is 0.749. The molecule has 0 amide bonds.